The van der Waals surface area contributed by atoms with E-state index in [4.69, 9.17) is 32.3 Å². The van der Waals surface area contributed by atoms with E-state index in [9.17, 15) is 43.5 Å². The zero-order valence-corrected chi connectivity index (χ0v) is 74.2. The Morgan fingerprint density at radius 2 is 0.435 bits per heavy atom. The molecule has 0 aliphatic carbocycles. The Bertz CT molecular complexity index is 2770. The average Bonchev–Trinajstić information content (AvgIpc) is 0.902. The molecule has 0 spiro atoms. The number of hydrogen-bond acceptors (Lipinski definition) is 14. The van der Waals surface area contributed by atoms with Crippen LogP contribution in [0.2, 0.25) is 0 Å². The maximum Gasteiger partial charge on any atom is 0.472 e. The standard InChI is InChI=1S/C97H164O16P2/c1-4-7-10-13-16-19-22-25-28-31-34-36-38-40-41-42-43-44-45-46-47-48-49-51-53-54-57-59-62-65-68-71-74-77-80-83-95(100)107-86-92(98)87-109-114(103,104)110-88-93(99)89-111-115(105,106)112-91-94(113-97(102)85-82-79-76-73-70-67-64-61-56-33-30-27-24-21-18-15-12-9-6-3)90-108-96(101)84-81-78-75-72-69-66-63-60-58-55-52-50-39-37-35-32-29-26-23-20-17-14-11-8-5-2/h7-12,16-21,25-30,34-37,40-41,50,52,56,61,92-94,98-99H,4-6,13-15,22-24,31-33,38-39,42-49,51,53-55,57-60,62-91H2,1-3H3,(H,103,104)(H,105,106)/b10-7-,11-8-,12-9-,19-16-,20-17-,21-18-,28-25-,29-26-,30-27-,36-34-,37-35-,41-40-,52-50-,61-56-. The van der Waals surface area contributed by atoms with Crippen molar-refractivity contribution in [3.63, 3.8) is 0 Å². The number of hydrogen-bond donors (Lipinski definition) is 4. The van der Waals surface area contributed by atoms with E-state index < -0.39 is 91.5 Å². The Morgan fingerprint density at radius 3 is 0.687 bits per heavy atom. The molecule has 0 saturated carbocycles. The summed E-state index contributed by atoms with van der Waals surface area (Å²) in [4.78, 5) is 58.9. The minimum Gasteiger partial charge on any atom is -0.463 e. The zero-order chi connectivity index (χ0) is 83.6. The maximum absolute atomic E-state index is 13.0. The first-order valence-electron chi connectivity index (χ1n) is 45.4. The van der Waals surface area contributed by atoms with Gasteiger partial charge in [-0.2, -0.15) is 0 Å². The quantitative estimate of drug-likeness (QED) is 0.0146. The molecule has 16 nitrogen and oxygen atoms in total. The Labute approximate surface area is 701 Å². The minimum absolute atomic E-state index is 0.0827. The second kappa shape index (κ2) is 88.2. The molecule has 0 heterocycles. The number of aliphatic hydroxyl groups is 2. The topological polar surface area (TPSA) is 231 Å². The summed E-state index contributed by atoms with van der Waals surface area (Å²) in [6.07, 6.45) is 114. The number of carbonyl (C=O) groups is 3. The van der Waals surface area contributed by atoms with Crippen LogP contribution in [-0.2, 0) is 55.8 Å². The fraction of sp³-hybridized carbons (Fsp3) is 0.680. The molecule has 658 valence electrons. The molecule has 5 unspecified atom stereocenters. The summed E-state index contributed by atoms with van der Waals surface area (Å²) in [6.45, 7) is 2.35. The fourth-order valence-corrected chi connectivity index (χ4v) is 13.7. The third kappa shape index (κ3) is 89.5. The first-order valence-corrected chi connectivity index (χ1v) is 48.4. The Kier molecular flexibility index (Phi) is 84.3. The molecule has 5 atom stereocenters. The van der Waals surface area contributed by atoms with Gasteiger partial charge in [0.25, 0.3) is 0 Å². The molecule has 0 fully saturated rings. The molecule has 18 heteroatoms. The summed E-state index contributed by atoms with van der Waals surface area (Å²) in [6, 6.07) is 0. The van der Waals surface area contributed by atoms with Gasteiger partial charge in [-0.05, 0) is 148 Å². The molecule has 0 rings (SSSR count). The molecule has 0 aromatic rings. The van der Waals surface area contributed by atoms with Crippen LogP contribution in [0.3, 0.4) is 0 Å². The summed E-state index contributed by atoms with van der Waals surface area (Å²) < 4.78 is 61.4. The fourth-order valence-electron chi connectivity index (χ4n) is 12.1. The smallest absolute Gasteiger partial charge is 0.463 e. The van der Waals surface area contributed by atoms with E-state index in [1.807, 2.05) is 0 Å². The lowest BCUT2D eigenvalue weighted by molar-refractivity contribution is -0.161. The van der Waals surface area contributed by atoms with Crippen LogP contribution >= 0.6 is 15.6 Å². The summed E-state index contributed by atoms with van der Waals surface area (Å²) in [5.41, 5.74) is 0. The number of allylic oxidation sites excluding steroid dienone is 28. The van der Waals surface area contributed by atoms with Crippen LogP contribution in [-0.4, -0.2) is 95.9 Å². The second-order valence-corrected chi connectivity index (χ2v) is 32.9. The lowest BCUT2D eigenvalue weighted by Crippen LogP contribution is -2.30. The van der Waals surface area contributed by atoms with Gasteiger partial charge >= 0.3 is 33.6 Å². The van der Waals surface area contributed by atoms with Gasteiger partial charge < -0.3 is 34.2 Å². The third-order valence-corrected chi connectivity index (χ3v) is 20.8. The largest absolute Gasteiger partial charge is 0.472 e. The average molecular weight is 1650 g/mol. The van der Waals surface area contributed by atoms with Gasteiger partial charge in [0.2, 0.25) is 0 Å². The van der Waals surface area contributed by atoms with Crippen molar-refractivity contribution in [1.82, 2.24) is 0 Å². The van der Waals surface area contributed by atoms with E-state index in [1.54, 1.807) is 0 Å². The van der Waals surface area contributed by atoms with Crippen molar-refractivity contribution in [1.29, 1.82) is 0 Å². The van der Waals surface area contributed by atoms with E-state index >= 15 is 0 Å². The van der Waals surface area contributed by atoms with Gasteiger partial charge in [0.15, 0.2) is 6.10 Å². The predicted octanol–water partition coefficient (Wildman–Crippen LogP) is 27.9. The van der Waals surface area contributed by atoms with Crippen molar-refractivity contribution in [2.75, 3.05) is 39.6 Å². The summed E-state index contributed by atoms with van der Waals surface area (Å²) in [5.74, 6) is -1.59. The molecule has 0 aliphatic rings. The summed E-state index contributed by atoms with van der Waals surface area (Å²) >= 11 is 0. The monoisotopic (exact) mass is 1650 g/mol. The van der Waals surface area contributed by atoms with Crippen molar-refractivity contribution in [2.24, 2.45) is 0 Å². The van der Waals surface area contributed by atoms with Gasteiger partial charge in [-0.15, -0.1) is 0 Å². The molecule has 115 heavy (non-hydrogen) atoms. The zero-order valence-electron chi connectivity index (χ0n) is 72.4. The summed E-state index contributed by atoms with van der Waals surface area (Å²) in [7, 11) is -9.81. The molecule has 0 aromatic heterocycles. The maximum atomic E-state index is 13.0. The van der Waals surface area contributed by atoms with Crippen LogP contribution in [0.5, 0.6) is 0 Å². The van der Waals surface area contributed by atoms with Crippen molar-refractivity contribution < 1.29 is 75.8 Å². The minimum atomic E-state index is -4.95. The highest BCUT2D eigenvalue weighted by atomic mass is 31.2. The molecule has 0 bridgehead atoms. The van der Waals surface area contributed by atoms with Crippen molar-refractivity contribution in [3.05, 3.63) is 170 Å². The van der Waals surface area contributed by atoms with Gasteiger partial charge in [-0.3, -0.25) is 32.5 Å². The van der Waals surface area contributed by atoms with Crippen LogP contribution in [0, 0.1) is 0 Å². The van der Waals surface area contributed by atoms with Crippen LogP contribution < -0.4 is 0 Å². The SMILES string of the molecule is CC/C=C\C/C=C\C/C=C\C/C=C\C/C=C\CCCCCCCCCCCCCCCCCCCCCC(=O)OCC(O)COP(=O)(O)OCC(O)COP(=O)(O)OCC(COC(=O)CCCCCCCCCCC/C=C\C/C=C\C/C=C\C/C=C\C/C=C\CC)OC(=O)CCCCCCCC/C=C\C/C=C\C/C=C\C/C=C\CC. The molecule has 0 saturated heterocycles. The number of phosphoric acid groups is 2. The predicted molar refractivity (Wildman–Crippen MR) is 482 cm³/mol. The highest BCUT2D eigenvalue weighted by molar-refractivity contribution is 7.47. The van der Waals surface area contributed by atoms with Crippen LogP contribution in [0.15, 0.2) is 170 Å². The van der Waals surface area contributed by atoms with E-state index in [0.717, 1.165) is 180 Å². The van der Waals surface area contributed by atoms with Gasteiger partial charge in [0.1, 0.15) is 25.4 Å². The molecule has 0 amide bonds. The van der Waals surface area contributed by atoms with Gasteiger partial charge in [-0.1, -0.05) is 371 Å². The van der Waals surface area contributed by atoms with Crippen molar-refractivity contribution in [2.45, 2.75) is 386 Å². The van der Waals surface area contributed by atoms with E-state index in [1.165, 1.54) is 128 Å². The van der Waals surface area contributed by atoms with Gasteiger partial charge in [0.05, 0.1) is 26.4 Å². The molecule has 0 aromatic carbocycles. The first kappa shape index (κ1) is 110. The van der Waals surface area contributed by atoms with E-state index in [2.05, 4.69) is 191 Å². The van der Waals surface area contributed by atoms with Crippen molar-refractivity contribution in [3.8, 4) is 0 Å². The Morgan fingerprint density at radius 1 is 0.243 bits per heavy atom. The van der Waals surface area contributed by atoms with Crippen LogP contribution in [0.25, 0.3) is 0 Å². The van der Waals surface area contributed by atoms with E-state index in [0.29, 0.717) is 19.3 Å². The third-order valence-electron chi connectivity index (χ3n) is 18.9. The molecular formula is C97H164O16P2. The van der Waals surface area contributed by atoms with Crippen LogP contribution in [0.1, 0.15) is 367 Å². The number of aliphatic hydroxyl groups excluding tert-OH is 2. The van der Waals surface area contributed by atoms with Gasteiger partial charge in [-0.25, -0.2) is 9.13 Å². The number of carbonyl (C=O) groups excluding carboxylic acids is 3. The Balaban J connectivity index is 4.51. The number of esters is 3. The number of ether oxygens (including phenoxy) is 3. The van der Waals surface area contributed by atoms with Crippen LogP contribution in [0.4, 0.5) is 0 Å². The highest BCUT2D eigenvalue weighted by Crippen LogP contribution is 2.45. The lowest BCUT2D eigenvalue weighted by Gasteiger charge is -2.21. The lowest BCUT2D eigenvalue weighted by atomic mass is 10.0. The van der Waals surface area contributed by atoms with E-state index in [-0.39, 0.29) is 19.3 Å². The molecule has 0 aliphatic heterocycles. The number of rotatable bonds is 85. The number of phosphoric ester groups is 2. The Hall–Kier alpha value is -5.09. The molecular weight excluding hydrogens is 1480 g/mol. The molecule has 0 radical (unpaired) electrons. The second-order valence-electron chi connectivity index (χ2n) is 30.0. The first-order chi connectivity index (χ1) is 56.2. The number of unbranched alkanes of at least 4 members (excludes halogenated alkanes) is 34. The normalized spacial score (nSPS) is 14.6. The highest BCUT2D eigenvalue weighted by Gasteiger charge is 2.29. The molecule has 4 N–H and O–H groups in total. The van der Waals surface area contributed by atoms with Crippen molar-refractivity contribution >= 4 is 33.6 Å². The summed E-state index contributed by atoms with van der Waals surface area (Å²) in [5, 5.41) is 20.7. The van der Waals surface area contributed by atoms with Gasteiger partial charge in [0, 0.05) is 19.3 Å².